The first-order valence-electron chi connectivity index (χ1n) is 8.48. The molecule has 1 fully saturated rings. The molecule has 21 heavy (non-hydrogen) atoms. The molecule has 1 atom stereocenters. The van der Waals surface area contributed by atoms with Gasteiger partial charge in [-0.3, -0.25) is 0 Å². The Labute approximate surface area is 128 Å². The molecular weight excluding hydrogens is 258 g/mol. The number of hydrogen-bond acceptors (Lipinski definition) is 2. The lowest BCUT2D eigenvalue weighted by molar-refractivity contribution is 0.153. The minimum atomic E-state index is 0.200. The van der Waals surface area contributed by atoms with Gasteiger partial charge in [0.1, 0.15) is 5.76 Å². The van der Waals surface area contributed by atoms with Crippen LogP contribution in [-0.2, 0) is 10.2 Å². The monoisotopic (exact) mass is 285 g/mol. The summed E-state index contributed by atoms with van der Waals surface area (Å²) in [7, 11) is 0. The minimum absolute atomic E-state index is 0.200. The van der Waals surface area contributed by atoms with Crippen molar-refractivity contribution in [1.82, 2.24) is 5.32 Å². The molecule has 0 aromatic heterocycles. The zero-order valence-electron chi connectivity index (χ0n) is 13.1. The van der Waals surface area contributed by atoms with Crippen LogP contribution in [0.1, 0.15) is 51.0 Å². The van der Waals surface area contributed by atoms with E-state index in [0.29, 0.717) is 6.04 Å². The molecule has 2 nitrogen and oxygen atoms in total. The van der Waals surface area contributed by atoms with Gasteiger partial charge in [0.15, 0.2) is 0 Å². The minimum Gasteiger partial charge on any atom is -0.496 e. The number of hydrogen-bond donors (Lipinski definition) is 1. The van der Waals surface area contributed by atoms with E-state index in [1.165, 1.54) is 43.4 Å². The van der Waals surface area contributed by atoms with Gasteiger partial charge in [0.25, 0.3) is 0 Å². The van der Waals surface area contributed by atoms with Crippen molar-refractivity contribution in [1.29, 1.82) is 0 Å². The third kappa shape index (κ3) is 2.87. The van der Waals surface area contributed by atoms with Crippen LogP contribution >= 0.6 is 0 Å². The van der Waals surface area contributed by atoms with Crippen LogP contribution in [0, 0.1) is 0 Å². The Morgan fingerprint density at radius 2 is 1.90 bits per heavy atom. The average Bonchev–Trinajstić information content (AvgIpc) is 3.08. The lowest BCUT2D eigenvalue weighted by atomic mass is 9.64. The van der Waals surface area contributed by atoms with Crippen LogP contribution in [0.4, 0.5) is 0 Å². The van der Waals surface area contributed by atoms with Crippen LogP contribution in [0.25, 0.3) is 0 Å². The van der Waals surface area contributed by atoms with Crippen LogP contribution in [0.15, 0.2) is 42.2 Å². The second kappa shape index (κ2) is 6.65. The van der Waals surface area contributed by atoms with Crippen molar-refractivity contribution in [3.63, 3.8) is 0 Å². The summed E-state index contributed by atoms with van der Waals surface area (Å²) in [6, 6.07) is 11.4. The number of nitrogens with one attached hydrogen (secondary N) is 1. The van der Waals surface area contributed by atoms with Crippen LogP contribution in [0.3, 0.4) is 0 Å². The molecule has 0 radical (unpaired) electrons. The number of benzene rings is 1. The van der Waals surface area contributed by atoms with Crippen molar-refractivity contribution in [2.75, 3.05) is 13.2 Å². The Kier molecular flexibility index (Phi) is 4.64. The Balaban J connectivity index is 2.00. The van der Waals surface area contributed by atoms with E-state index in [4.69, 9.17) is 4.74 Å². The maximum atomic E-state index is 5.97. The molecular formula is C19H27NO. The molecule has 1 N–H and O–H groups in total. The zero-order valence-corrected chi connectivity index (χ0v) is 13.1. The number of rotatable bonds is 5. The third-order valence-electron chi connectivity index (χ3n) is 5.07. The van der Waals surface area contributed by atoms with Crippen LogP contribution < -0.4 is 5.32 Å². The molecule has 1 aromatic rings. The van der Waals surface area contributed by atoms with E-state index in [-0.39, 0.29) is 5.41 Å². The lowest BCUT2D eigenvalue weighted by Crippen LogP contribution is -2.51. The van der Waals surface area contributed by atoms with E-state index in [0.717, 1.165) is 19.6 Å². The molecule has 1 aromatic carbocycles. The van der Waals surface area contributed by atoms with Crippen LogP contribution in [0.2, 0.25) is 0 Å². The Hall–Kier alpha value is -1.28. The normalized spacial score (nSPS) is 22.4. The molecule has 0 bridgehead atoms. The topological polar surface area (TPSA) is 21.3 Å². The molecule has 2 aliphatic rings. The fourth-order valence-corrected chi connectivity index (χ4v) is 4.11. The van der Waals surface area contributed by atoms with Crippen molar-refractivity contribution in [3.8, 4) is 0 Å². The van der Waals surface area contributed by atoms with Crippen LogP contribution in [0.5, 0.6) is 0 Å². The molecule has 1 saturated carbocycles. The van der Waals surface area contributed by atoms with Gasteiger partial charge in [-0.15, -0.1) is 0 Å². The third-order valence-corrected chi connectivity index (χ3v) is 5.07. The van der Waals surface area contributed by atoms with Crippen LogP contribution in [-0.4, -0.2) is 19.2 Å². The van der Waals surface area contributed by atoms with E-state index in [1.54, 1.807) is 0 Å². The number of ether oxygens (including phenoxy) is 1. The first-order chi connectivity index (χ1) is 10.4. The SMILES string of the molecule is CCNC(C1=CCCO1)C1(c2ccccc2)CCCCC1. The summed E-state index contributed by atoms with van der Waals surface area (Å²) < 4.78 is 5.97. The van der Waals surface area contributed by atoms with E-state index < -0.39 is 0 Å². The summed E-state index contributed by atoms with van der Waals surface area (Å²) in [6.45, 7) is 4.03. The second-order valence-electron chi connectivity index (χ2n) is 6.32. The average molecular weight is 285 g/mol. The highest BCUT2D eigenvalue weighted by Crippen LogP contribution is 2.45. The fourth-order valence-electron chi connectivity index (χ4n) is 4.11. The predicted octanol–water partition coefficient (Wildman–Crippen LogP) is 4.17. The molecule has 1 heterocycles. The highest BCUT2D eigenvalue weighted by atomic mass is 16.5. The first-order valence-corrected chi connectivity index (χ1v) is 8.48. The Morgan fingerprint density at radius 1 is 1.14 bits per heavy atom. The van der Waals surface area contributed by atoms with E-state index >= 15 is 0 Å². The van der Waals surface area contributed by atoms with Gasteiger partial charge < -0.3 is 10.1 Å². The highest BCUT2D eigenvalue weighted by molar-refractivity contribution is 5.33. The molecule has 0 amide bonds. The molecule has 1 aliphatic carbocycles. The van der Waals surface area contributed by atoms with Gasteiger partial charge in [-0.1, -0.05) is 56.5 Å². The maximum Gasteiger partial charge on any atom is 0.110 e. The summed E-state index contributed by atoms with van der Waals surface area (Å²) in [5.41, 5.74) is 1.68. The molecule has 114 valence electrons. The summed E-state index contributed by atoms with van der Waals surface area (Å²) in [4.78, 5) is 0. The van der Waals surface area contributed by atoms with Gasteiger partial charge >= 0.3 is 0 Å². The summed E-state index contributed by atoms with van der Waals surface area (Å²) in [6.07, 6.45) is 9.89. The molecule has 3 rings (SSSR count). The fraction of sp³-hybridized carbons (Fsp3) is 0.579. The molecule has 0 saturated heterocycles. The number of likely N-dealkylation sites (N-methyl/N-ethyl adjacent to an activating group) is 1. The summed E-state index contributed by atoms with van der Waals surface area (Å²) in [5.74, 6) is 1.18. The van der Waals surface area contributed by atoms with Gasteiger partial charge in [0, 0.05) is 11.8 Å². The quantitative estimate of drug-likeness (QED) is 0.876. The van der Waals surface area contributed by atoms with Crippen molar-refractivity contribution in [2.24, 2.45) is 0 Å². The van der Waals surface area contributed by atoms with E-state index in [1.807, 2.05) is 0 Å². The highest BCUT2D eigenvalue weighted by Gasteiger charge is 2.43. The van der Waals surface area contributed by atoms with Gasteiger partial charge in [0.2, 0.25) is 0 Å². The lowest BCUT2D eigenvalue weighted by Gasteiger charge is -2.44. The second-order valence-corrected chi connectivity index (χ2v) is 6.32. The van der Waals surface area contributed by atoms with Crippen molar-refractivity contribution >= 4 is 0 Å². The Bertz CT molecular complexity index is 474. The molecule has 1 unspecified atom stereocenters. The standard InChI is InChI=1S/C19H27NO/c1-2-20-18(17-12-9-15-21-17)19(13-7-4-8-14-19)16-10-5-3-6-11-16/h3,5-6,10-12,18,20H,2,4,7-9,13-15H2,1H3. The summed E-state index contributed by atoms with van der Waals surface area (Å²) in [5, 5.41) is 3.74. The van der Waals surface area contributed by atoms with Gasteiger partial charge in [-0.25, -0.2) is 0 Å². The van der Waals surface area contributed by atoms with Gasteiger partial charge in [0.05, 0.1) is 12.6 Å². The Morgan fingerprint density at radius 3 is 2.52 bits per heavy atom. The summed E-state index contributed by atoms with van der Waals surface area (Å²) >= 11 is 0. The van der Waals surface area contributed by atoms with Gasteiger partial charge in [-0.2, -0.15) is 0 Å². The van der Waals surface area contributed by atoms with Gasteiger partial charge in [-0.05, 0) is 31.0 Å². The van der Waals surface area contributed by atoms with E-state index in [2.05, 4.69) is 48.6 Å². The van der Waals surface area contributed by atoms with Crippen molar-refractivity contribution < 1.29 is 4.74 Å². The van der Waals surface area contributed by atoms with Crippen molar-refractivity contribution in [2.45, 2.75) is 56.9 Å². The first kappa shape index (κ1) is 14.6. The predicted molar refractivity (Wildman–Crippen MR) is 87.3 cm³/mol. The molecule has 0 spiro atoms. The molecule has 1 aliphatic heterocycles. The smallest absolute Gasteiger partial charge is 0.110 e. The largest absolute Gasteiger partial charge is 0.496 e. The van der Waals surface area contributed by atoms with E-state index in [9.17, 15) is 0 Å². The zero-order chi connectivity index (χ0) is 14.5. The maximum absolute atomic E-state index is 5.97. The van der Waals surface area contributed by atoms with Crippen molar-refractivity contribution in [3.05, 3.63) is 47.7 Å². The molecule has 2 heteroatoms.